The Labute approximate surface area is 411 Å². The fourth-order valence-electron chi connectivity index (χ4n) is 11.2. The standard InChI is InChI=1S/C64H38N4S2/c1-3-13-37(14-4-1)63-65-53(35-55(67-63)41-23-27-45-43-17-9-11-21-57(43)69-59(45)33-41)39-25-29-49-51(31-39)61-47-19-7-8-20-48(47)62(49)52-32-40(26-30-50(52)61)54-36-56(68-64(66-54)38-15-5-2-6-16-38)42-24-28-46-44-18-10-12-22-58(44)70-60(46)34-42/h1-36,61-62H. The fourth-order valence-corrected chi connectivity index (χ4v) is 13.5. The highest BCUT2D eigenvalue weighted by molar-refractivity contribution is 7.26. The molecule has 9 aromatic carbocycles. The van der Waals surface area contributed by atoms with Crippen molar-refractivity contribution in [3.05, 3.63) is 252 Å². The van der Waals surface area contributed by atoms with E-state index < -0.39 is 0 Å². The Balaban J connectivity index is 0.851. The molecule has 0 saturated carbocycles. The van der Waals surface area contributed by atoms with Gasteiger partial charge in [-0.15, -0.1) is 22.7 Å². The molecule has 0 radical (unpaired) electrons. The molecule has 2 bridgehead atoms. The molecule has 0 N–H and O–H groups in total. The van der Waals surface area contributed by atoms with Gasteiger partial charge in [0.15, 0.2) is 11.6 Å². The Morgan fingerprint density at radius 3 is 1.03 bits per heavy atom. The van der Waals surface area contributed by atoms with Gasteiger partial charge < -0.3 is 0 Å². The number of thiophene rings is 2. The lowest BCUT2D eigenvalue weighted by atomic mass is 9.60. The zero-order valence-corrected chi connectivity index (χ0v) is 39.2. The van der Waals surface area contributed by atoms with Crippen LogP contribution in [0, 0.1) is 0 Å². The average Bonchev–Trinajstić information content (AvgIpc) is 4.00. The lowest BCUT2D eigenvalue weighted by Crippen LogP contribution is -2.27. The second kappa shape index (κ2) is 15.6. The van der Waals surface area contributed by atoms with Gasteiger partial charge in [-0.3, -0.25) is 0 Å². The summed E-state index contributed by atoms with van der Waals surface area (Å²) in [4.78, 5) is 21.1. The monoisotopic (exact) mass is 926 g/mol. The minimum absolute atomic E-state index is 0.0688. The molecule has 16 rings (SSSR count). The molecule has 4 aromatic heterocycles. The van der Waals surface area contributed by atoms with Crippen molar-refractivity contribution in [2.45, 2.75) is 11.8 Å². The third-order valence-electron chi connectivity index (χ3n) is 14.5. The van der Waals surface area contributed by atoms with Crippen LogP contribution in [0.25, 0.3) is 108 Å². The van der Waals surface area contributed by atoms with E-state index in [0.29, 0.717) is 0 Å². The van der Waals surface area contributed by atoms with E-state index in [9.17, 15) is 0 Å². The molecular weight excluding hydrogens is 889 g/mol. The maximum atomic E-state index is 5.30. The Kier molecular flexibility index (Phi) is 8.79. The lowest BCUT2D eigenvalue weighted by Gasteiger charge is -2.42. The topological polar surface area (TPSA) is 51.6 Å². The van der Waals surface area contributed by atoms with Crippen molar-refractivity contribution in [1.29, 1.82) is 0 Å². The van der Waals surface area contributed by atoms with Crippen LogP contribution < -0.4 is 0 Å². The molecule has 2 unspecified atom stereocenters. The molecule has 0 amide bonds. The minimum atomic E-state index is 0.0688. The van der Waals surface area contributed by atoms with Crippen LogP contribution in [0.1, 0.15) is 45.2 Å². The summed E-state index contributed by atoms with van der Waals surface area (Å²) in [5, 5.41) is 5.14. The molecule has 2 atom stereocenters. The third kappa shape index (κ3) is 6.27. The van der Waals surface area contributed by atoms with Gasteiger partial charge in [-0.05, 0) is 81.9 Å². The predicted octanol–water partition coefficient (Wildman–Crippen LogP) is 17.0. The van der Waals surface area contributed by atoms with E-state index >= 15 is 0 Å². The normalized spacial score (nSPS) is 14.6. The molecule has 0 fully saturated rings. The number of hydrogen-bond acceptors (Lipinski definition) is 6. The van der Waals surface area contributed by atoms with Crippen molar-refractivity contribution in [2.75, 3.05) is 0 Å². The van der Waals surface area contributed by atoms with Crippen LogP contribution in [0.3, 0.4) is 0 Å². The second-order valence-corrected chi connectivity index (χ2v) is 20.6. The third-order valence-corrected chi connectivity index (χ3v) is 16.8. The van der Waals surface area contributed by atoms with Crippen LogP contribution >= 0.6 is 22.7 Å². The number of benzene rings is 9. The van der Waals surface area contributed by atoms with Crippen LogP contribution in [0.2, 0.25) is 0 Å². The van der Waals surface area contributed by atoms with Crippen LogP contribution in [0.4, 0.5) is 0 Å². The summed E-state index contributed by atoms with van der Waals surface area (Å²) in [5.41, 5.74) is 18.1. The quantitative estimate of drug-likeness (QED) is 0.167. The minimum Gasteiger partial charge on any atom is -0.228 e. The molecule has 6 heteroatoms. The van der Waals surface area contributed by atoms with Crippen molar-refractivity contribution in [2.24, 2.45) is 0 Å². The molecule has 326 valence electrons. The summed E-state index contributed by atoms with van der Waals surface area (Å²) in [6.45, 7) is 0. The number of rotatable bonds is 6. The van der Waals surface area contributed by atoms with Gasteiger partial charge in [0.2, 0.25) is 0 Å². The van der Waals surface area contributed by atoms with E-state index in [2.05, 4.69) is 206 Å². The Morgan fingerprint density at radius 2 is 0.586 bits per heavy atom. The first kappa shape index (κ1) is 39.6. The first-order valence-electron chi connectivity index (χ1n) is 23.7. The number of aromatic nitrogens is 4. The van der Waals surface area contributed by atoms with Crippen LogP contribution in [0.15, 0.2) is 218 Å². The fraction of sp³-hybridized carbons (Fsp3) is 0.0312. The smallest absolute Gasteiger partial charge is 0.160 e. The van der Waals surface area contributed by atoms with E-state index in [1.54, 1.807) is 0 Å². The Morgan fingerprint density at radius 1 is 0.243 bits per heavy atom. The van der Waals surface area contributed by atoms with Crippen LogP contribution in [-0.2, 0) is 0 Å². The Hall–Kier alpha value is -8.42. The molecule has 3 aliphatic carbocycles. The van der Waals surface area contributed by atoms with Gasteiger partial charge in [0, 0.05) is 85.6 Å². The average molecular weight is 927 g/mol. The maximum absolute atomic E-state index is 5.30. The first-order chi connectivity index (χ1) is 34.6. The molecule has 4 heterocycles. The summed E-state index contributed by atoms with van der Waals surface area (Å²) >= 11 is 3.67. The van der Waals surface area contributed by atoms with Crippen molar-refractivity contribution in [3.63, 3.8) is 0 Å². The van der Waals surface area contributed by atoms with E-state index in [0.717, 1.165) is 67.8 Å². The van der Waals surface area contributed by atoms with Gasteiger partial charge in [-0.1, -0.05) is 170 Å². The highest BCUT2D eigenvalue weighted by atomic mass is 32.1. The van der Waals surface area contributed by atoms with Crippen molar-refractivity contribution < 1.29 is 0 Å². The summed E-state index contributed by atoms with van der Waals surface area (Å²) in [6.07, 6.45) is 0. The molecule has 4 nitrogen and oxygen atoms in total. The highest BCUT2D eigenvalue weighted by Gasteiger charge is 2.41. The van der Waals surface area contributed by atoms with E-state index in [1.165, 1.54) is 73.7 Å². The highest BCUT2D eigenvalue weighted by Crippen LogP contribution is 2.57. The summed E-state index contributed by atoms with van der Waals surface area (Å²) in [5.74, 6) is 1.57. The Bertz CT molecular complexity index is 3990. The summed E-state index contributed by atoms with van der Waals surface area (Å²) in [7, 11) is 0. The molecule has 13 aromatic rings. The molecule has 0 saturated heterocycles. The first-order valence-corrected chi connectivity index (χ1v) is 25.4. The zero-order valence-electron chi connectivity index (χ0n) is 37.5. The van der Waals surface area contributed by atoms with E-state index in [4.69, 9.17) is 19.9 Å². The van der Waals surface area contributed by atoms with Crippen LogP contribution in [-0.4, -0.2) is 19.9 Å². The van der Waals surface area contributed by atoms with Gasteiger partial charge in [0.05, 0.1) is 22.8 Å². The van der Waals surface area contributed by atoms with Gasteiger partial charge in [-0.2, -0.15) is 0 Å². The van der Waals surface area contributed by atoms with Gasteiger partial charge in [0.1, 0.15) is 0 Å². The molecular formula is C64H38N4S2. The van der Waals surface area contributed by atoms with Crippen molar-refractivity contribution in [3.8, 4) is 67.8 Å². The largest absolute Gasteiger partial charge is 0.228 e. The molecule has 70 heavy (non-hydrogen) atoms. The molecule has 0 aliphatic heterocycles. The number of nitrogens with zero attached hydrogens (tertiary/aromatic N) is 4. The number of hydrogen-bond donors (Lipinski definition) is 0. The van der Waals surface area contributed by atoms with Gasteiger partial charge in [-0.25, -0.2) is 19.9 Å². The van der Waals surface area contributed by atoms with Gasteiger partial charge >= 0.3 is 0 Å². The molecule has 0 spiro atoms. The van der Waals surface area contributed by atoms with Crippen LogP contribution in [0.5, 0.6) is 0 Å². The van der Waals surface area contributed by atoms with E-state index in [1.807, 2.05) is 34.8 Å². The SMILES string of the molecule is c1ccc(-c2nc(-c3ccc4c(c3)C3c5ccccc5C4c4cc(-c5cc(-c6ccc7c(c6)sc6ccccc67)nc(-c6ccccc6)n5)ccc43)cc(-c3ccc4c(c3)sc3ccccc34)n2)cc1. The van der Waals surface area contributed by atoms with Crippen molar-refractivity contribution >= 4 is 63.0 Å². The molecule has 3 aliphatic rings. The predicted molar refractivity (Wildman–Crippen MR) is 291 cm³/mol. The second-order valence-electron chi connectivity index (χ2n) is 18.5. The van der Waals surface area contributed by atoms with Crippen molar-refractivity contribution in [1.82, 2.24) is 19.9 Å². The summed E-state index contributed by atoms with van der Waals surface area (Å²) in [6, 6.07) is 79.1. The zero-order chi connectivity index (χ0) is 45.9. The number of fused-ring (bicyclic) bond motifs is 6. The van der Waals surface area contributed by atoms with Gasteiger partial charge in [0.25, 0.3) is 0 Å². The van der Waals surface area contributed by atoms with E-state index in [-0.39, 0.29) is 11.8 Å². The summed E-state index contributed by atoms with van der Waals surface area (Å²) < 4.78 is 5.10. The lowest BCUT2D eigenvalue weighted by molar-refractivity contribution is 0.755. The maximum Gasteiger partial charge on any atom is 0.160 e.